The normalized spacial score (nSPS) is 14.3. The van der Waals surface area contributed by atoms with Gasteiger partial charge in [-0.2, -0.15) is 0 Å². The Labute approximate surface area is 122 Å². The van der Waals surface area contributed by atoms with E-state index in [1.165, 1.54) is 0 Å². The second-order valence-corrected chi connectivity index (χ2v) is 5.38. The molecule has 2 N–H and O–H groups in total. The second kappa shape index (κ2) is 6.46. The number of benzene rings is 1. The minimum atomic E-state index is -0.121. The molecule has 0 spiro atoms. The van der Waals surface area contributed by atoms with Crippen LogP contribution in [0.15, 0.2) is 12.1 Å². The lowest BCUT2D eigenvalue weighted by Gasteiger charge is -2.13. The quantitative estimate of drug-likeness (QED) is 0.848. The molecule has 2 rings (SSSR count). The zero-order valence-corrected chi connectivity index (χ0v) is 12.1. The smallest absolute Gasteiger partial charge is 0.258 e. The molecule has 1 aliphatic rings. The van der Waals surface area contributed by atoms with Gasteiger partial charge in [0.25, 0.3) is 5.91 Å². The van der Waals surface area contributed by atoms with E-state index in [4.69, 9.17) is 27.9 Å². The van der Waals surface area contributed by atoms with Crippen LogP contribution >= 0.6 is 23.2 Å². The van der Waals surface area contributed by atoms with Crippen LogP contribution in [0.4, 0.5) is 0 Å². The molecule has 1 amide bonds. The van der Waals surface area contributed by atoms with E-state index in [0.717, 1.165) is 18.4 Å². The summed E-state index contributed by atoms with van der Waals surface area (Å²) in [6.07, 6.45) is 2.11. The molecule has 1 aromatic carbocycles. The fraction of sp³-hybridized carbons (Fsp3) is 0.462. The number of hydrogen-bond acceptors (Lipinski definition) is 3. The number of amides is 1. The van der Waals surface area contributed by atoms with Crippen molar-refractivity contribution in [2.24, 2.45) is 0 Å². The number of ether oxygens (including phenoxy) is 1. The number of carbonyl (C=O) groups excluding carboxylic acids is 1. The summed E-state index contributed by atoms with van der Waals surface area (Å²) in [5, 5.41) is 6.83. The Morgan fingerprint density at radius 1 is 1.42 bits per heavy atom. The zero-order valence-electron chi connectivity index (χ0n) is 10.6. The van der Waals surface area contributed by atoms with Gasteiger partial charge in [-0.3, -0.25) is 4.79 Å². The predicted molar refractivity (Wildman–Crippen MR) is 75.9 cm³/mol. The summed E-state index contributed by atoms with van der Waals surface area (Å²) in [6.45, 7) is 0.536. The molecule has 1 aliphatic carbocycles. The minimum absolute atomic E-state index is 0.0332. The molecule has 0 radical (unpaired) electrons. The summed E-state index contributed by atoms with van der Waals surface area (Å²) < 4.78 is 5.52. The molecule has 1 fully saturated rings. The van der Waals surface area contributed by atoms with Crippen molar-refractivity contribution in [3.05, 3.63) is 27.7 Å². The molecule has 19 heavy (non-hydrogen) atoms. The van der Waals surface area contributed by atoms with E-state index >= 15 is 0 Å². The van der Waals surface area contributed by atoms with Crippen molar-refractivity contribution in [3.63, 3.8) is 0 Å². The molecular formula is C13H16Cl2N2O2. The molecule has 0 saturated heterocycles. The van der Waals surface area contributed by atoms with E-state index in [-0.39, 0.29) is 12.5 Å². The molecular weight excluding hydrogens is 287 g/mol. The monoisotopic (exact) mass is 302 g/mol. The average molecular weight is 303 g/mol. The van der Waals surface area contributed by atoms with E-state index in [0.29, 0.717) is 28.4 Å². The molecule has 0 unspecified atom stereocenters. The van der Waals surface area contributed by atoms with E-state index in [1.807, 2.05) is 7.05 Å². The first kappa shape index (κ1) is 14.4. The van der Waals surface area contributed by atoms with Gasteiger partial charge in [-0.25, -0.2) is 0 Å². The lowest BCUT2D eigenvalue weighted by molar-refractivity contribution is -0.123. The van der Waals surface area contributed by atoms with Gasteiger partial charge in [0, 0.05) is 23.2 Å². The Balaban J connectivity index is 2.02. The van der Waals surface area contributed by atoms with Crippen molar-refractivity contribution < 1.29 is 9.53 Å². The first-order chi connectivity index (χ1) is 9.10. The van der Waals surface area contributed by atoms with Crippen molar-refractivity contribution in [2.45, 2.75) is 25.4 Å². The summed E-state index contributed by atoms with van der Waals surface area (Å²) in [5.74, 6) is 0.385. The fourth-order valence-corrected chi connectivity index (χ4v) is 2.32. The van der Waals surface area contributed by atoms with E-state index in [2.05, 4.69) is 10.6 Å². The minimum Gasteiger partial charge on any atom is -0.482 e. The van der Waals surface area contributed by atoms with Crippen LogP contribution in [0.2, 0.25) is 10.0 Å². The lowest BCUT2D eigenvalue weighted by Crippen LogP contribution is -2.30. The Morgan fingerprint density at radius 2 is 2.16 bits per heavy atom. The van der Waals surface area contributed by atoms with Gasteiger partial charge in [0.1, 0.15) is 5.75 Å². The van der Waals surface area contributed by atoms with Crippen molar-refractivity contribution in [2.75, 3.05) is 13.7 Å². The van der Waals surface area contributed by atoms with Crippen LogP contribution in [-0.2, 0) is 11.3 Å². The van der Waals surface area contributed by atoms with E-state index < -0.39 is 0 Å². The predicted octanol–water partition coefficient (Wildman–Crippen LogP) is 2.37. The summed E-state index contributed by atoms with van der Waals surface area (Å²) in [5.41, 5.74) is 0.833. The van der Waals surface area contributed by atoms with Gasteiger partial charge in [0.2, 0.25) is 0 Å². The van der Waals surface area contributed by atoms with Crippen LogP contribution in [0.3, 0.4) is 0 Å². The molecule has 0 bridgehead atoms. The third-order valence-electron chi connectivity index (χ3n) is 2.74. The summed E-state index contributed by atoms with van der Waals surface area (Å²) >= 11 is 12.1. The van der Waals surface area contributed by atoms with Gasteiger partial charge in [0.05, 0.1) is 5.02 Å². The SMILES string of the molecule is CNCc1cc(Cl)cc(Cl)c1OCC(=O)NC1CC1. The van der Waals surface area contributed by atoms with Crippen LogP contribution in [0.25, 0.3) is 0 Å². The third kappa shape index (κ3) is 4.27. The van der Waals surface area contributed by atoms with E-state index in [9.17, 15) is 4.79 Å². The largest absolute Gasteiger partial charge is 0.482 e. The molecule has 0 atom stereocenters. The summed E-state index contributed by atoms with van der Waals surface area (Å²) in [6, 6.07) is 3.71. The highest BCUT2D eigenvalue weighted by Crippen LogP contribution is 2.32. The lowest BCUT2D eigenvalue weighted by atomic mass is 10.2. The number of rotatable bonds is 6. The topological polar surface area (TPSA) is 50.4 Å². The van der Waals surface area contributed by atoms with Crippen LogP contribution in [-0.4, -0.2) is 25.6 Å². The van der Waals surface area contributed by atoms with Crippen molar-refractivity contribution in [1.82, 2.24) is 10.6 Å². The van der Waals surface area contributed by atoms with Crippen molar-refractivity contribution in [1.29, 1.82) is 0 Å². The summed E-state index contributed by atoms with van der Waals surface area (Å²) in [4.78, 5) is 11.6. The van der Waals surface area contributed by atoms with Gasteiger partial charge in [-0.15, -0.1) is 0 Å². The molecule has 104 valence electrons. The van der Waals surface area contributed by atoms with Crippen LogP contribution in [0, 0.1) is 0 Å². The molecule has 0 aromatic heterocycles. The fourth-order valence-electron chi connectivity index (χ4n) is 1.73. The first-order valence-corrected chi connectivity index (χ1v) is 6.90. The standard InChI is InChI=1S/C13H16Cl2N2O2/c1-16-6-8-4-9(14)5-11(15)13(8)19-7-12(18)17-10-2-3-10/h4-5,10,16H,2-3,6-7H2,1H3,(H,17,18). The molecule has 6 heteroatoms. The Kier molecular flexibility index (Phi) is 4.91. The van der Waals surface area contributed by atoms with Crippen molar-refractivity contribution in [3.8, 4) is 5.75 Å². The molecule has 0 heterocycles. The molecule has 1 aromatic rings. The maximum Gasteiger partial charge on any atom is 0.258 e. The molecule has 0 aliphatic heterocycles. The molecule has 4 nitrogen and oxygen atoms in total. The summed E-state index contributed by atoms with van der Waals surface area (Å²) in [7, 11) is 1.82. The molecule has 1 saturated carbocycles. The van der Waals surface area contributed by atoms with Crippen molar-refractivity contribution >= 4 is 29.1 Å². The highest BCUT2D eigenvalue weighted by atomic mass is 35.5. The van der Waals surface area contributed by atoms with E-state index in [1.54, 1.807) is 12.1 Å². The van der Waals surface area contributed by atoms with Crippen LogP contribution in [0.5, 0.6) is 5.75 Å². The van der Waals surface area contributed by atoms with Gasteiger partial charge < -0.3 is 15.4 Å². The number of carbonyl (C=O) groups is 1. The number of nitrogens with one attached hydrogen (secondary N) is 2. The zero-order chi connectivity index (χ0) is 13.8. The Bertz CT molecular complexity index is 476. The van der Waals surface area contributed by atoms with Gasteiger partial charge >= 0.3 is 0 Å². The van der Waals surface area contributed by atoms with Gasteiger partial charge in [0.15, 0.2) is 6.61 Å². The number of hydrogen-bond donors (Lipinski definition) is 2. The Hall–Kier alpha value is -0.970. The van der Waals surface area contributed by atoms with Gasteiger partial charge in [-0.1, -0.05) is 23.2 Å². The Morgan fingerprint density at radius 3 is 2.79 bits per heavy atom. The highest BCUT2D eigenvalue weighted by Gasteiger charge is 2.23. The number of halogens is 2. The first-order valence-electron chi connectivity index (χ1n) is 6.15. The maximum absolute atomic E-state index is 11.6. The van der Waals surface area contributed by atoms with Crippen LogP contribution in [0.1, 0.15) is 18.4 Å². The van der Waals surface area contributed by atoms with Crippen LogP contribution < -0.4 is 15.4 Å². The maximum atomic E-state index is 11.6. The second-order valence-electron chi connectivity index (χ2n) is 4.54. The third-order valence-corrected chi connectivity index (χ3v) is 3.24. The average Bonchev–Trinajstić information content (AvgIpc) is 3.12. The van der Waals surface area contributed by atoms with Gasteiger partial charge in [-0.05, 0) is 32.0 Å². The highest BCUT2D eigenvalue weighted by molar-refractivity contribution is 6.35.